The lowest BCUT2D eigenvalue weighted by atomic mass is 10.3. The van der Waals surface area contributed by atoms with E-state index in [0.29, 0.717) is 6.42 Å². The molecule has 3 heteroatoms. The van der Waals surface area contributed by atoms with Crippen LogP contribution in [-0.2, 0) is 9.53 Å². The zero-order valence-corrected chi connectivity index (χ0v) is 5.13. The van der Waals surface area contributed by atoms with Gasteiger partial charge in [0.15, 0.2) is 0 Å². The smallest absolute Gasteiger partial charge is 0.310 e. The molecular weight excluding hydrogens is 118 g/mol. The van der Waals surface area contributed by atoms with E-state index in [1.165, 1.54) is 7.11 Å². The minimum atomic E-state index is -0.249. The van der Waals surface area contributed by atoms with Crippen LogP contribution in [0.15, 0.2) is 0 Å². The molecule has 1 rings (SSSR count). The van der Waals surface area contributed by atoms with Gasteiger partial charge in [0.1, 0.15) is 0 Å². The number of carbonyl (C=O) groups excluding carboxylic acids is 1. The molecule has 2 atom stereocenters. The van der Waals surface area contributed by atoms with E-state index < -0.39 is 0 Å². The molecule has 3 nitrogen and oxygen atoms in total. The molecule has 0 aromatic heterocycles. The van der Waals surface area contributed by atoms with Gasteiger partial charge in [-0.1, -0.05) is 0 Å². The van der Waals surface area contributed by atoms with Crippen LogP contribution in [0, 0.1) is 23.2 Å². The van der Waals surface area contributed by atoms with E-state index in [1.54, 1.807) is 0 Å². The summed E-state index contributed by atoms with van der Waals surface area (Å²) in [6.45, 7) is 0. The van der Waals surface area contributed by atoms with Crippen molar-refractivity contribution in [2.45, 2.75) is 6.42 Å². The summed E-state index contributed by atoms with van der Waals surface area (Å²) in [5.41, 5.74) is 0. The van der Waals surface area contributed by atoms with Gasteiger partial charge >= 0.3 is 5.97 Å². The molecule has 1 fully saturated rings. The van der Waals surface area contributed by atoms with Crippen LogP contribution in [-0.4, -0.2) is 13.1 Å². The predicted molar refractivity (Wildman–Crippen MR) is 29.2 cm³/mol. The topological polar surface area (TPSA) is 50.1 Å². The molecule has 0 bridgehead atoms. The zero-order valence-electron chi connectivity index (χ0n) is 5.13. The second-order valence-corrected chi connectivity index (χ2v) is 2.10. The van der Waals surface area contributed by atoms with Crippen molar-refractivity contribution in [1.82, 2.24) is 0 Å². The molecule has 0 amide bonds. The number of ether oxygens (including phenoxy) is 1. The molecule has 1 saturated carbocycles. The first-order valence-electron chi connectivity index (χ1n) is 2.77. The summed E-state index contributed by atoms with van der Waals surface area (Å²) in [7, 11) is 1.34. The average Bonchev–Trinajstić information content (AvgIpc) is 2.64. The minimum Gasteiger partial charge on any atom is -0.469 e. The highest BCUT2D eigenvalue weighted by Crippen LogP contribution is 2.38. The van der Waals surface area contributed by atoms with Gasteiger partial charge in [0.25, 0.3) is 0 Å². The number of nitriles is 1. The van der Waals surface area contributed by atoms with Gasteiger partial charge in [-0.15, -0.1) is 0 Å². The molecule has 1 aliphatic rings. The summed E-state index contributed by atoms with van der Waals surface area (Å²) >= 11 is 0. The van der Waals surface area contributed by atoms with Crippen molar-refractivity contribution < 1.29 is 9.53 Å². The largest absolute Gasteiger partial charge is 0.469 e. The van der Waals surface area contributed by atoms with Gasteiger partial charge in [-0.3, -0.25) is 4.79 Å². The second kappa shape index (κ2) is 2.06. The Morgan fingerprint density at radius 3 is 2.89 bits per heavy atom. The second-order valence-electron chi connectivity index (χ2n) is 2.10. The molecule has 0 unspecified atom stereocenters. The lowest BCUT2D eigenvalue weighted by Crippen LogP contribution is -2.03. The highest BCUT2D eigenvalue weighted by molar-refractivity contribution is 5.76. The number of nitrogens with zero attached hydrogens (tertiary/aromatic N) is 1. The Hall–Kier alpha value is -1.04. The molecule has 0 saturated heterocycles. The van der Waals surface area contributed by atoms with Crippen LogP contribution >= 0.6 is 0 Å². The van der Waals surface area contributed by atoms with Crippen molar-refractivity contribution >= 4 is 5.97 Å². The number of methoxy groups -OCH3 is 1. The molecule has 0 spiro atoms. The first-order chi connectivity index (χ1) is 4.29. The monoisotopic (exact) mass is 125 g/mol. The Bertz CT molecular complexity index is 170. The molecule has 1 aliphatic carbocycles. The van der Waals surface area contributed by atoms with Crippen LogP contribution in [0.1, 0.15) is 6.42 Å². The van der Waals surface area contributed by atoms with Gasteiger partial charge in [0, 0.05) is 0 Å². The normalized spacial score (nSPS) is 30.7. The first kappa shape index (κ1) is 6.09. The lowest BCUT2D eigenvalue weighted by Gasteiger charge is -1.90. The highest BCUT2D eigenvalue weighted by Gasteiger charge is 2.44. The number of hydrogen-bond donors (Lipinski definition) is 0. The standard InChI is InChI=1S/C6H7NO2/c1-9-6(8)5-2-4(5)3-7/h4-5H,2H2,1H3/t4-,5+/m0/s1. The van der Waals surface area contributed by atoms with E-state index >= 15 is 0 Å². The van der Waals surface area contributed by atoms with Crippen LogP contribution in [0.2, 0.25) is 0 Å². The summed E-state index contributed by atoms with van der Waals surface area (Å²) < 4.78 is 4.42. The fourth-order valence-corrected chi connectivity index (χ4v) is 0.750. The van der Waals surface area contributed by atoms with Crippen LogP contribution in [0.25, 0.3) is 0 Å². The molecule has 9 heavy (non-hydrogen) atoms. The van der Waals surface area contributed by atoms with Gasteiger partial charge in [0.2, 0.25) is 0 Å². The summed E-state index contributed by atoms with van der Waals surface area (Å²) in [6, 6.07) is 2.00. The number of carbonyl (C=O) groups is 1. The number of esters is 1. The Kier molecular flexibility index (Phi) is 1.39. The van der Waals surface area contributed by atoms with Crippen molar-refractivity contribution in [3.63, 3.8) is 0 Å². The summed E-state index contributed by atoms with van der Waals surface area (Å²) in [4.78, 5) is 10.6. The molecule has 0 N–H and O–H groups in total. The zero-order chi connectivity index (χ0) is 6.85. The van der Waals surface area contributed by atoms with E-state index in [9.17, 15) is 4.79 Å². The fraction of sp³-hybridized carbons (Fsp3) is 0.667. The molecule has 48 valence electrons. The molecule has 0 aromatic rings. The molecule has 0 aromatic carbocycles. The molecule has 0 radical (unpaired) electrons. The van der Waals surface area contributed by atoms with Crippen LogP contribution < -0.4 is 0 Å². The Morgan fingerprint density at radius 2 is 2.56 bits per heavy atom. The van der Waals surface area contributed by atoms with Crippen molar-refractivity contribution in [2.75, 3.05) is 7.11 Å². The SMILES string of the molecule is COC(=O)[C@@H]1C[C@H]1C#N. The third kappa shape index (κ3) is 1.02. The maximum absolute atomic E-state index is 10.6. The third-order valence-corrected chi connectivity index (χ3v) is 1.46. The van der Waals surface area contributed by atoms with Crippen molar-refractivity contribution in [1.29, 1.82) is 5.26 Å². The average molecular weight is 125 g/mol. The highest BCUT2D eigenvalue weighted by atomic mass is 16.5. The van der Waals surface area contributed by atoms with Gasteiger partial charge < -0.3 is 4.74 Å². The summed E-state index contributed by atoms with van der Waals surface area (Å²) in [5, 5.41) is 8.26. The molecule has 0 heterocycles. The predicted octanol–water partition coefficient (Wildman–Crippen LogP) is 0.319. The van der Waals surface area contributed by atoms with E-state index in [0.717, 1.165) is 0 Å². The Labute approximate surface area is 53.2 Å². The van der Waals surface area contributed by atoms with Gasteiger partial charge in [-0.25, -0.2) is 0 Å². The van der Waals surface area contributed by atoms with Crippen molar-refractivity contribution in [2.24, 2.45) is 11.8 Å². The van der Waals surface area contributed by atoms with Crippen molar-refractivity contribution in [3.8, 4) is 6.07 Å². The quantitative estimate of drug-likeness (QED) is 0.474. The first-order valence-corrected chi connectivity index (χ1v) is 2.77. The number of hydrogen-bond acceptors (Lipinski definition) is 3. The van der Waals surface area contributed by atoms with Gasteiger partial charge in [0.05, 0.1) is 25.0 Å². The third-order valence-electron chi connectivity index (χ3n) is 1.46. The van der Waals surface area contributed by atoms with Crippen molar-refractivity contribution in [3.05, 3.63) is 0 Å². The molecule has 0 aliphatic heterocycles. The molecular formula is C6H7NO2. The van der Waals surface area contributed by atoms with Crippen LogP contribution in [0.3, 0.4) is 0 Å². The van der Waals surface area contributed by atoms with Crippen LogP contribution in [0.5, 0.6) is 0 Å². The minimum absolute atomic E-state index is 0.0718. The van der Waals surface area contributed by atoms with E-state index in [4.69, 9.17) is 5.26 Å². The summed E-state index contributed by atoms with van der Waals surface area (Å²) in [6.07, 6.45) is 0.684. The maximum atomic E-state index is 10.6. The summed E-state index contributed by atoms with van der Waals surface area (Å²) in [5.74, 6) is -0.445. The van der Waals surface area contributed by atoms with Crippen LogP contribution in [0.4, 0.5) is 0 Å². The number of rotatable bonds is 1. The van der Waals surface area contributed by atoms with E-state index in [-0.39, 0.29) is 17.8 Å². The van der Waals surface area contributed by atoms with Gasteiger partial charge in [-0.05, 0) is 6.42 Å². The maximum Gasteiger partial charge on any atom is 0.310 e. The van der Waals surface area contributed by atoms with Gasteiger partial charge in [-0.2, -0.15) is 5.26 Å². The Balaban J connectivity index is 2.36. The Morgan fingerprint density at radius 1 is 1.89 bits per heavy atom. The lowest BCUT2D eigenvalue weighted by molar-refractivity contribution is -0.142. The van der Waals surface area contributed by atoms with E-state index in [2.05, 4.69) is 4.74 Å². The van der Waals surface area contributed by atoms with E-state index in [1.807, 2.05) is 6.07 Å². The fourth-order valence-electron chi connectivity index (χ4n) is 0.750.